The number of anilines is 2. The first-order valence-corrected chi connectivity index (χ1v) is 8.05. The number of hydrogen-bond donors (Lipinski definition) is 1. The zero-order chi connectivity index (χ0) is 18.7. The summed E-state index contributed by atoms with van der Waals surface area (Å²) < 4.78 is 15.9. The van der Waals surface area contributed by atoms with Crippen molar-refractivity contribution < 1.29 is 23.8 Å². The normalized spacial score (nSPS) is 12.9. The molecular formula is C19H20N2O5. The molecule has 0 saturated heterocycles. The summed E-state index contributed by atoms with van der Waals surface area (Å²) in [5.41, 5.74) is 2.01. The Morgan fingerprint density at radius 1 is 1.08 bits per heavy atom. The van der Waals surface area contributed by atoms with Crippen molar-refractivity contribution in [2.45, 2.75) is 6.42 Å². The summed E-state index contributed by atoms with van der Waals surface area (Å²) in [5.74, 6) is 1.01. The number of methoxy groups -OCH3 is 3. The molecule has 7 nitrogen and oxygen atoms in total. The highest BCUT2D eigenvalue weighted by Gasteiger charge is 2.27. The monoisotopic (exact) mass is 356 g/mol. The van der Waals surface area contributed by atoms with Gasteiger partial charge in [-0.2, -0.15) is 0 Å². The number of carbonyl (C=O) groups excluding carboxylic acids is 2. The second kappa shape index (κ2) is 7.35. The number of fused-ring (bicyclic) bond motifs is 1. The SMILES string of the molecule is COc1cc(CC(=O)N2CC(=O)Nc3ccccc32)cc(OC)c1OC. The minimum Gasteiger partial charge on any atom is -0.493 e. The van der Waals surface area contributed by atoms with E-state index in [9.17, 15) is 9.59 Å². The molecule has 0 radical (unpaired) electrons. The fraction of sp³-hybridized carbons (Fsp3) is 0.263. The predicted molar refractivity (Wildman–Crippen MR) is 97.2 cm³/mol. The highest BCUT2D eigenvalue weighted by molar-refractivity contribution is 6.10. The third-order valence-corrected chi connectivity index (χ3v) is 4.15. The highest BCUT2D eigenvalue weighted by atomic mass is 16.5. The number of nitrogens with one attached hydrogen (secondary N) is 1. The second-order valence-corrected chi connectivity index (χ2v) is 5.76. The molecule has 0 atom stereocenters. The van der Waals surface area contributed by atoms with Crippen LogP contribution in [0.2, 0.25) is 0 Å². The lowest BCUT2D eigenvalue weighted by molar-refractivity contribution is -0.121. The first-order chi connectivity index (χ1) is 12.6. The molecule has 1 aliphatic heterocycles. The van der Waals surface area contributed by atoms with Crippen molar-refractivity contribution in [2.24, 2.45) is 0 Å². The van der Waals surface area contributed by atoms with Gasteiger partial charge in [-0.05, 0) is 29.8 Å². The Labute approximate surface area is 151 Å². The smallest absolute Gasteiger partial charge is 0.244 e. The summed E-state index contributed by atoms with van der Waals surface area (Å²) in [6, 6.07) is 10.7. The fourth-order valence-corrected chi connectivity index (χ4v) is 2.96. The molecule has 136 valence electrons. The molecule has 0 aliphatic carbocycles. The first-order valence-electron chi connectivity index (χ1n) is 8.05. The number of hydrogen-bond acceptors (Lipinski definition) is 5. The number of amides is 2. The van der Waals surface area contributed by atoms with Gasteiger partial charge in [-0.1, -0.05) is 12.1 Å². The lowest BCUT2D eigenvalue weighted by atomic mass is 10.1. The summed E-state index contributed by atoms with van der Waals surface area (Å²) in [7, 11) is 4.57. The Kier molecular flexibility index (Phi) is 4.97. The van der Waals surface area contributed by atoms with Crippen molar-refractivity contribution in [3.05, 3.63) is 42.0 Å². The molecule has 2 aromatic rings. The molecule has 0 spiro atoms. The molecule has 0 saturated carbocycles. The van der Waals surface area contributed by atoms with Crippen molar-refractivity contribution in [1.82, 2.24) is 0 Å². The third-order valence-electron chi connectivity index (χ3n) is 4.15. The van der Waals surface area contributed by atoms with Crippen LogP contribution in [0.4, 0.5) is 11.4 Å². The van der Waals surface area contributed by atoms with Crippen LogP contribution >= 0.6 is 0 Å². The van der Waals surface area contributed by atoms with Crippen LogP contribution in [0.5, 0.6) is 17.2 Å². The zero-order valence-corrected chi connectivity index (χ0v) is 14.9. The second-order valence-electron chi connectivity index (χ2n) is 5.76. The van der Waals surface area contributed by atoms with Crippen molar-refractivity contribution >= 4 is 23.2 Å². The Hall–Kier alpha value is -3.22. The van der Waals surface area contributed by atoms with Crippen molar-refractivity contribution in [3.8, 4) is 17.2 Å². The molecule has 0 unspecified atom stereocenters. The van der Waals surface area contributed by atoms with Crippen molar-refractivity contribution in [3.63, 3.8) is 0 Å². The third kappa shape index (κ3) is 3.28. The maximum absolute atomic E-state index is 12.9. The average Bonchev–Trinajstić information content (AvgIpc) is 2.66. The number of ether oxygens (including phenoxy) is 3. The summed E-state index contributed by atoms with van der Waals surface area (Å²) >= 11 is 0. The van der Waals surface area contributed by atoms with Crippen LogP contribution < -0.4 is 24.4 Å². The largest absolute Gasteiger partial charge is 0.493 e. The van der Waals surface area contributed by atoms with Gasteiger partial charge in [0, 0.05) is 0 Å². The molecule has 2 amide bonds. The van der Waals surface area contributed by atoms with E-state index in [0.717, 1.165) is 0 Å². The molecule has 3 rings (SSSR count). The van der Waals surface area contributed by atoms with Gasteiger partial charge in [0.1, 0.15) is 6.54 Å². The molecule has 1 heterocycles. The van der Waals surface area contributed by atoms with Crippen molar-refractivity contribution in [2.75, 3.05) is 38.1 Å². The van der Waals surface area contributed by atoms with E-state index < -0.39 is 0 Å². The molecule has 1 aliphatic rings. The van der Waals surface area contributed by atoms with E-state index >= 15 is 0 Å². The summed E-state index contributed by atoms with van der Waals surface area (Å²) in [6.45, 7) is -0.0136. The molecule has 26 heavy (non-hydrogen) atoms. The average molecular weight is 356 g/mol. The molecule has 1 N–H and O–H groups in total. The van der Waals surface area contributed by atoms with E-state index in [1.807, 2.05) is 18.2 Å². The van der Waals surface area contributed by atoms with E-state index in [4.69, 9.17) is 14.2 Å². The van der Waals surface area contributed by atoms with E-state index in [-0.39, 0.29) is 24.8 Å². The quantitative estimate of drug-likeness (QED) is 0.889. The number of para-hydroxylation sites is 2. The van der Waals surface area contributed by atoms with Gasteiger partial charge < -0.3 is 24.4 Å². The van der Waals surface area contributed by atoms with Crippen LogP contribution in [0.3, 0.4) is 0 Å². The maximum atomic E-state index is 12.9. The number of nitrogens with zero attached hydrogens (tertiary/aromatic N) is 1. The summed E-state index contributed by atoms with van der Waals surface area (Å²) in [4.78, 5) is 26.3. The predicted octanol–water partition coefficient (Wildman–Crippen LogP) is 2.24. The van der Waals surface area contributed by atoms with Gasteiger partial charge in [0.2, 0.25) is 17.6 Å². The molecular weight excluding hydrogens is 336 g/mol. The molecule has 0 fully saturated rings. The number of rotatable bonds is 5. The van der Waals surface area contributed by atoms with Gasteiger partial charge in [-0.3, -0.25) is 9.59 Å². The maximum Gasteiger partial charge on any atom is 0.244 e. The lowest BCUT2D eigenvalue weighted by Gasteiger charge is -2.29. The topological polar surface area (TPSA) is 77.1 Å². The number of carbonyl (C=O) groups is 2. The van der Waals surface area contributed by atoms with E-state index in [2.05, 4.69) is 5.32 Å². The molecule has 0 bridgehead atoms. The van der Waals surface area contributed by atoms with E-state index in [0.29, 0.717) is 34.2 Å². The van der Waals surface area contributed by atoms with Gasteiger partial charge in [0.05, 0.1) is 39.1 Å². The Bertz CT molecular complexity index is 825. The molecule has 0 aromatic heterocycles. The lowest BCUT2D eigenvalue weighted by Crippen LogP contribution is -2.42. The Morgan fingerprint density at radius 3 is 2.35 bits per heavy atom. The standard InChI is InChI=1S/C19H20N2O5/c1-24-15-8-12(9-16(25-2)19(15)26-3)10-18(23)21-11-17(22)20-13-6-4-5-7-14(13)21/h4-9H,10-11H2,1-3H3,(H,20,22). The van der Waals surface area contributed by atoms with Crippen LogP contribution in [0.25, 0.3) is 0 Å². The number of benzene rings is 2. The van der Waals surface area contributed by atoms with Gasteiger partial charge >= 0.3 is 0 Å². The van der Waals surface area contributed by atoms with Gasteiger partial charge in [0.15, 0.2) is 11.5 Å². The van der Waals surface area contributed by atoms with E-state index in [1.54, 1.807) is 18.2 Å². The van der Waals surface area contributed by atoms with Crippen LogP contribution in [0, 0.1) is 0 Å². The van der Waals surface area contributed by atoms with Crippen LogP contribution in [0.15, 0.2) is 36.4 Å². The van der Waals surface area contributed by atoms with Gasteiger partial charge in [-0.15, -0.1) is 0 Å². The van der Waals surface area contributed by atoms with Gasteiger partial charge in [-0.25, -0.2) is 0 Å². The first kappa shape index (κ1) is 17.6. The zero-order valence-electron chi connectivity index (χ0n) is 14.9. The van der Waals surface area contributed by atoms with E-state index in [1.165, 1.54) is 26.2 Å². The van der Waals surface area contributed by atoms with Gasteiger partial charge in [0.25, 0.3) is 0 Å². The van der Waals surface area contributed by atoms with Crippen LogP contribution in [0.1, 0.15) is 5.56 Å². The highest BCUT2D eigenvalue weighted by Crippen LogP contribution is 2.38. The Morgan fingerprint density at radius 2 is 1.73 bits per heavy atom. The van der Waals surface area contributed by atoms with Crippen LogP contribution in [-0.2, 0) is 16.0 Å². The summed E-state index contributed by atoms with van der Waals surface area (Å²) in [5, 5.41) is 2.77. The molecule has 2 aromatic carbocycles. The minimum absolute atomic E-state index is 0.0136. The molecule has 7 heteroatoms. The van der Waals surface area contributed by atoms with Crippen molar-refractivity contribution in [1.29, 1.82) is 0 Å². The Balaban J connectivity index is 1.90. The summed E-state index contributed by atoms with van der Waals surface area (Å²) in [6.07, 6.45) is 0.0956. The fourth-order valence-electron chi connectivity index (χ4n) is 2.96. The van der Waals surface area contributed by atoms with Crippen LogP contribution in [-0.4, -0.2) is 39.7 Å². The minimum atomic E-state index is -0.220.